The van der Waals surface area contributed by atoms with Gasteiger partial charge in [0.1, 0.15) is 18.2 Å². The second kappa shape index (κ2) is 5.14. The molecule has 1 saturated heterocycles. The molecule has 7 heteroatoms. The molecule has 2 N–H and O–H groups in total. The first-order chi connectivity index (χ1) is 9.95. The molecule has 1 heterocycles. The third-order valence-electron chi connectivity index (χ3n) is 4.56. The number of nitrogens with zero attached hydrogens (tertiary/aromatic N) is 1. The van der Waals surface area contributed by atoms with Gasteiger partial charge in [0.2, 0.25) is 5.91 Å². The van der Waals surface area contributed by atoms with E-state index in [-0.39, 0.29) is 29.7 Å². The van der Waals surface area contributed by atoms with Gasteiger partial charge < -0.3 is 20.1 Å². The van der Waals surface area contributed by atoms with Crippen LogP contribution in [0.4, 0.5) is 4.79 Å². The van der Waals surface area contributed by atoms with Gasteiger partial charge in [0.25, 0.3) is 0 Å². The topological polar surface area (TPSA) is 95.9 Å². The van der Waals surface area contributed by atoms with Crippen LogP contribution in [0.15, 0.2) is 0 Å². The zero-order chi connectivity index (χ0) is 16.9. The van der Waals surface area contributed by atoms with Crippen LogP contribution in [0.2, 0.25) is 0 Å². The van der Waals surface area contributed by atoms with Gasteiger partial charge in [-0.2, -0.15) is 0 Å². The third-order valence-corrected chi connectivity index (χ3v) is 4.56. The van der Waals surface area contributed by atoms with Gasteiger partial charge in [-0.15, -0.1) is 0 Å². The summed E-state index contributed by atoms with van der Waals surface area (Å²) in [5, 5.41) is 11.8. The molecule has 2 rings (SSSR count). The van der Waals surface area contributed by atoms with E-state index in [1.54, 1.807) is 20.8 Å². The molecule has 0 aromatic heterocycles. The zero-order valence-corrected chi connectivity index (χ0v) is 13.7. The second-order valence-electron chi connectivity index (χ2n) is 7.64. The van der Waals surface area contributed by atoms with Gasteiger partial charge in [0, 0.05) is 12.5 Å². The Hall–Kier alpha value is -1.79. The van der Waals surface area contributed by atoms with Crippen LogP contribution in [0, 0.1) is 17.3 Å². The highest BCUT2D eigenvalue weighted by Crippen LogP contribution is 2.64. The van der Waals surface area contributed by atoms with E-state index in [4.69, 9.17) is 4.74 Å². The van der Waals surface area contributed by atoms with E-state index in [1.807, 2.05) is 13.8 Å². The van der Waals surface area contributed by atoms with Gasteiger partial charge in [0.15, 0.2) is 0 Å². The van der Waals surface area contributed by atoms with Gasteiger partial charge in [-0.05, 0) is 32.1 Å². The van der Waals surface area contributed by atoms with Gasteiger partial charge in [-0.3, -0.25) is 4.79 Å². The number of carbonyl (C=O) groups excluding carboxylic acids is 2. The predicted octanol–water partition coefficient (Wildman–Crippen LogP) is 1.08. The Morgan fingerprint density at radius 1 is 1.32 bits per heavy atom. The molecule has 3 atom stereocenters. The molecule has 2 aliphatic rings. The summed E-state index contributed by atoms with van der Waals surface area (Å²) in [5.74, 6) is -1.15. The molecule has 0 radical (unpaired) electrons. The number of hydrogen-bond acceptors (Lipinski definition) is 4. The van der Waals surface area contributed by atoms with E-state index in [2.05, 4.69) is 5.32 Å². The first kappa shape index (κ1) is 16.6. The maximum absolute atomic E-state index is 12.2. The van der Waals surface area contributed by atoms with Crippen LogP contribution in [0.25, 0.3) is 0 Å². The number of likely N-dealkylation sites (tertiary alicyclic amines) is 1. The molecule has 1 saturated carbocycles. The van der Waals surface area contributed by atoms with E-state index < -0.39 is 23.7 Å². The molecule has 124 valence electrons. The van der Waals surface area contributed by atoms with Crippen molar-refractivity contribution in [1.82, 2.24) is 10.2 Å². The standard InChI is InChI=1S/C15H24N2O5/c1-14(2,3)22-13(21)16-6-9(18)17-7-8-10(15(8,4)5)11(17)12(19)20/h8,10-11H,6-7H2,1-5H3,(H,16,21)(H,19,20)/t8?,10?,11-/m0/s1. The SMILES string of the molecule is CC(C)(C)OC(=O)NCC(=O)N1CC2C([C@H]1C(=O)O)C2(C)C. The van der Waals surface area contributed by atoms with E-state index in [0.29, 0.717) is 6.54 Å². The van der Waals surface area contributed by atoms with Crippen molar-refractivity contribution >= 4 is 18.0 Å². The summed E-state index contributed by atoms with van der Waals surface area (Å²) >= 11 is 0. The maximum atomic E-state index is 12.2. The molecule has 1 aliphatic carbocycles. The van der Waals surface area contributed by atoms with Crippen molar-refractivity contribution in [2.75, 3.05) is 13.1 Å². The highest BCUT2D eigenvalue weighted by molar-refractivity contribution is 5.88. The summed E-state index contributed by atoms with van der Waals surface area (Å²) in [7, 11) is 0. The largest absolute Gasteiger partial charge is 0.480 e. The van der Waals surface area contributed by atoms with Crippen LogP contribution < -0.4 is 5.32 Å². The zero-order valence-electron chi connectivity index (χ0n) is 13.7. The monoisotopic (exact) mass is 312 g/mol. The van der Waals surface area contributed by atoms with Crippen LogP contribution in [0.1, 0.15) is 34.6 Å². The molecular weight excluding hydrogens is 288 g/mol. The molecule has 7 nitrogen and oxygen atoms in total. The molecule has 22 heavy (non-hydrogen) atoms. The fraction of sp³-hybridized carbons (Fsp3) is 0.800. The van der Waals surface area contributed by atoms with Crippen molar-refractivity contribution in [3.05, 3.63) is 0 Å². The summed E-state index contributed by atoms with van der Waals surface area (Å²) in [6.45, 7) is 9.42. The van der Waals surface area contributed by atoms with Crippen molar-refractivity contribution < 1.29 is 24.2 Å². The summed E-state index contributed by atoms with van der Waals surface area (Å²) in [6, 6.07) is -0.798. The number of nitrogens with one attached hydrogen (secondary N) is 1. The lowest BCUT2D eigenvalue weighted by Crippen LogP contribution is -2.49. The summed E-state index contributed by atoms with van der Waals surface area (Å²) < 4.78 is 5.05. The number of fused-ring (bicyclic) bond motifs is 1. The first-order valence-corrected chi connectivity index (χ1v) is 7.44. The number of carboxylic acid groups (broad SMARTS) is 1. The number of hydrogen-bond donors (Lipinski definition) is 2. The Kier molecular flexibility index (Phi) is 3.87. The average molecular weight is 312 g/mol. The summed E-state index contributed by atoms with van der Waals surface area (Å²) in [4.78, 5) is 36.6. The number of ether oxygens (including phenoxy) is 1. The number of rotatable bonds is 3. The highest BCUT2D eigenvalue weighted by atomic mass is 16.6. The van der Waals surface area contributed by atoms with Crippen molar-refractivity contribution in [2.45, 2.75) is 46.3 Å². The molecule has 2 amide bonds. The van der Waals surface area contributed by atoms with E-state index in [1.165, 1.54) is 4.90 Å². The van der Waals surface area contributed by atoms with Crippen molar-refractivity contribution in [1.29, 1.82) is 0 Å². The Labute approximate surface area is 130 Å². The number of amides is 2. The van der Waals surface area contributed by atoms with Gasteiger partial charge in [-0.1, -0.05) is 13.8 Å². The maximum Gasteiger partial charge on any atom is 0.408 e. The van der Waals surface area contributed by atoms with Crippen LogP contribution in [-0.4, -0.2) is 52.7 Å². The molecule has 0 spiro atoms. The Morgan fingerprint density at radius 2 is 1.91 bits per heavy atom. The third kappa shape index (κ3) is 3.03. The van der Waals surface area contributed by atoms with Gasteiger partial charge in [0.05, 0.1) is 0 Å². The van der Waals surface area contributed by atoms with Crippen molar-refractivity contribution in [3.63, 3.8) is 0 Å². The highest BCUT2D eigenvalue weighted by Gasteiger charge is 2.69. The quantitative estimate of drug-likeness (QED) is 0.813. The number of aliphatic carboxylic acids is 1. The van der Waals surface area contributed by atoms with Gasteiger partial charge >= 0.3 is 12.1 Å². The molecule has 1 aliphatic heterocycles. The Balaban J connectivity index is 1.91. The minimum atomic E-state index is -0.983. The minimum Gasteiger partial charge on any atom is -0.480 e. The predicted molar refractivity (Wildman–Crippen MR) is 78.1 cm³/mol. The van der Waals surface area contributed by atoms with E-state index in [9.17, 15) is 19.5 Å². The molecular formula is C15H24N2O5. The lowest BCUT2D eigenvalue weighted by molar-refractivity contribution is -0.149. The van der Waals surface area contributed by atoms with Crippen molar-refractivity contribution in [2.24, 2.45) is 17.3 Å². The smallest absolute Gasteiger partial charge is 0.408 e. The Bertz CT molecular complexity index is 509. The first-order valence-electron chi connectivity index (χ1n) is 7.44. The number of piperidine rings is 1. The molecule has 0 aromatic rings. The van der Waals surface area contributed by atoms with Gasteiger partial charge in [-0.25, -0.2) is 9.59 Å². The lowest BCUT2D eigenvalue weighted by atomic mass is 10.0. The Morgan fingerprint density at radius 3 is 2.41 bits per heavy atom. The second-order valence-corrected chi connectivity index (χ2v) is 7.64. The van der Waals surface area contributed by atoms with Crippen molar-refractivity contribution in [3.8, 4) is 0 Å². The molecule has 2 unspecified atom stereocenters. The fourth-order valence-electron chi connectivity index (χ4n) is 3.39. The number of carboxylic acids is 1. The minimum absolute atomic E-state index is 0.00419. The van der Waals surface area contributed by atoms with Crippen LogP contribution >= 0.6 is 0 Å². The number of alkyl carbamates (subject to hydrolysis) is 1. The van der Waals surface area contributed by atoms with E-state index >= 15 is 0 Å². The molecule has 0 bridgehead atoms. The van der Waals surface area contributed by atoms with Crippen LogP contribution in [-0.2, 0) is 14.3 Å². The average Bonchev–Trinajstić information content (AvgIpc) is 2.74. The molecule has 0 aromatic carbocycles. The van der Waals surface area contributed by atoms with Crippen LogP contribution in [0.5, 0.6) is 0 Å². The molecule has 2 fully saturated rings. The summed E-state index contributed by atoms with van der Waals surface area (Å²) in [6.07, 6.45) is -0.683. The lowest BCUT2D eigenvalue weighted by Gasteiger charge is -2.28. The van der Waals surface area contributed by atoms with E-state index in [0.717, 1.165) is 0 Å². The van der Waals surface area contributed by atoms with Crippen LogP contribution in [0.3, 0.4) is 0 Å². The summed E-state index contributed by atoms with van der Waals surface area (Å²) in [5.41, 5.74) is -0.672. The number of carbonyl (C=O) groups is 3. The fourth-order valence-corrected chi connectivity index (χ4v) is 3.39. The normalized spacial score (nSPS) is 28.8.